The molecular formula is C9H16NO2. The number of hydrogen-bond donors (Lipinski definition) is 1. The van der Waals surface area contributed by atoms with Crippen molar-refractivity contribution < 1.29 is 9.53 Å². The van der Waals surface area contributed by atoms with Crippen LogP contribution in [0.4, 0.5) is 4.79 Å². The average Bonchev–Trinajstić information content (AvgIpc) is 2.33. The molecule has 1 aliphatic rings. The van der Waals surface area contributed by atoms with Crippen LogP contribution < -0.4 is 5.32 Å². The zero-order chi connectivity index (χ0) is 8.81. The van der Waals surface area contributed by atoms with Crippen LogP contribution in [0.2, 0.25) is 0 Å². The molecule has 3 nitrogen and oxygen atoms in total. The minimum atomic E-state index is -0.321. The van der Waals surface area contributed by atoms with Gasteiger partial charge in [0.15, 0.2) is 0 Å². The van der Waals surface area contributed by atoms with Crippen LogP contribution >= 0.6 is 0 Å². The summed E-state index contributed by atoms with van der Waals surface area (Å²) < 4.78 is 5.11. The van der Waals surface area contributed by atoms with E-state index in [2.05, 4.69) is 11.7 Å². The Morgan fingerprint density at radius 1 is 1.50 bits per heavy atom. The Morgan fingerprint density at radius 3 is 3.08 bits per heavy atom. The second kappa shape index (κ2) is 5.01. The van der Waals surface area contributed by atoms with Crippen LogP contribution in [-0.4, -0.2) is 19.2 Å². The van der Waals surface area contributed by atoms with E-state index >= 15 is 0 Å². The summed E-state index contributed by atoms with van der Waals surface area (Å²) in [6.45, 7) is 0. The average molecular weight is 170 g/mol. The highest BCUT2D eigenvalue weighted by molar-refractivity contribution is 5.66. The zero-order valence-corrected chi connectivity index (χ0v) is 7.51. The van der Waals surface area contributed by atoms with Crippen molar-refractivity contribution in [3.8, 4) is 0 Å². The number of ether oxygens (including phenoxy) is 1. The van der Waals surface area contributed by atoms with Crippen molar-refractivity contribution in [3.05, 3.63) is 6.42 Å². The molecule has 1 unspecified atom stereocenters. The molecule has 0 spiro atoms. The molecule has 0 aromatic rings. The van der Waals surface area contributed by atoms with Gasteiger partial charge in [0.05, 0.1) is 0 Å². The Labute approximate surface area is 73.5 Å². The number of rotatable bonds is 1. The lowest BCUT2D eigenvalue weighted by atomic mass is 10.2. The van der Waals surface area contributed by atoms with Gasteiger partial charge in [-0.25, -0.2) is 4.79 Å². The van der Waals surface area contributed by atoms with Crippen molar-refractivity contribution >= 4 is 6.09 Å². The van der Waals surface area contributed by atoms with E-state index in [1.165, 1.54) is 12.8 Å². The Hall–Kier alpha value is -0.730. The van der Waals surface area contributed by atoms with E-state index in [1.807, 2.05) is 0 Å². The van der Waals surface area contributed by atoms with Crippen LogP contribution in [0.5, 0.6) is 0 Å². The molecule has 69 valence electrons. The lowest BCUT2D eigenvalue weighted by Crippen LogP contribution is -2.25. The van der Waals surface area contributed by atoms with Crippen LogP contribution in [0, 0.1) is 6.42 Å². The Bertz CT molecular complexity index is 139. The van der Waals surface area contributed by atoms with Crippen LogP contribution in [0.1, 0.15) is 32.1 Å². The van der Waals surface area contributed by atoms with E-state index in [0.29, 0.717) is 0 Å². The molecule has 1 atom stereocenters. The van der Waals surface area contributed by atoms with E-state index in [4.69, 9.17) is 4.74 Å². The minimum absolute atomic E-state index is 0.0347. The molecule has 0 heterocycles. The lowest BCUT2D eigenvalue weighted by Gasteiger charge is -2.13. The summed E-state index contributed by atoms with van der Waals surface area (Å²) in [5.74, 6) is 0. The molecule has 1 rings (SSSR count). The van der Waals surface area contributed by atoms with Crippen LogP contribution in [-0.2, 0) is 4.74 Å². The summed E-state index contributed by atoms with van der Waals surface area (Å²) in [6.07, 6.45) is 7.51. The Balaban J connectivity index is 2.24. The van der Waals surface area contributed by atoms with Crippen LogP contribution in [0.25, 0.3) is 0 Å². The van der Waals surface area contributed by atoms with Gasteiger partial charge in [0.2, 0.25) is 0 Å². The number of carbonyl (C=O) groups excluding carboxylic acids is 1. The van der Waals surface area contributed by atoms with Crippen molar-refractivity contribution in [2.45, 2.75) is 38.2 Å². The number of alkyl carbamates (subject to hydrolysis) is 1. The first kappa shape index (κ1) is 9.36. The third-order valence-corrected chi connectivity index (χ3v) is 2.08. The van der Waals surface area contributed by atoms with E-state index in [0.717, 1.165) is 19.3 Å². The van der Waals surface area contributed by atoms with Crippen molar-refractivity contribution in [2.24, 2.45) is 0 Å². The van der Waals surface area contributed by atoms with Crippen LogP contribution in [0.3, 0.4) is 0 Å². The highest BCUT2D eigenvalue weighted by atomic mass is 16.6. The standard InChI is InChI=1S/C9H16NO2/c1-10-9(11)12-8-6-4-2-3-5-7-8/h6,8H,2-5,7H2,1H3,(H,10,11). The van der Waals surface area contributed by atoms with Gasteiger partial charge in [-0.2, -0.15) is 0 Å². The van der Waals surface area contributed by atoms with Gasteiger partial charge in [-0.1, -0.05) is 12.8 Å². The highest BCUT2D eigenvalue weighted by Gasteiger charge is 2.15. The summed E-state index contributed by atoms with van der Waals surface area (Å²) in [4.78, 5) is 10.8. The van der Waals surface area contributed by atoms with Gasteiger partial charge < -0.3 is 10.1 Å². The number of amides is 1. The fraction of sp³-hybridized carbons (Fsp3) is 0.778. The van der Waals surface area contributed by atoms with Gasteiger partial charge >= 0.3 is 6.09 Å². The Morgan fingerprint density at radius 2 is 2.33 bits per heavy atom. The molecule has 3 heteroatoms. The molecule has 0 aromatic carbocycles. The van der Waals surface area contributed by atoms with Crippen molar-refractivity contribution in [1.29, 1.82) is 0 Å². The van der Waals surface area contributed by atoms with Crippen molar-refractivity contribution in [1.82, 2.24) is 5.32 Å². The molecule has 1 N–H and O–H groups in total. The van der Waals surface area contributed by atoms with E-state index in [-0.39, 0.29) is 12.2 Å². The fourth-order valence-corrected chi connectivity index (χ4v) is 1.39. The molecule has 0 aliphatic heterocycles. The topological polar surface area (TPSA) is 38.3 Å². The molecule has 0 aromatic heterocycles. The molecule has 0 bridgehead atoms. The summed E-state index contributed by atoms with van der Waals surface area (Å²) in [5.41, 5.74) is 0. The van der Waals surface area contributed by atoms with E-state index < -0.39 is 0 Å². The largest absolute Gasteiger partial charge is 0.446 e. The summed E-state index contributed by atoms with van der Waals surface area (Å²) in [7, 11) is 1.58. The second-order valence-electron chi connectivity index (χ2n) is 3.07. The Kier molecular flexibility index (Phi) is 3.91. The maximum absolute atomic E-state index is 10.8. The first-order valence-electron chi connectivity index (χ1n) is 4.54. The molecule has 0 saturated heterocycles. The fourth-order valence-electron chi connectivity index (χ4n) is 1.39. The maximum Gasteiger partial charge on any atom is 0.407 e. The van der Waals surface area contributed by atoms with Gasteiger partial charge in [0.1, 0.15) is 6.10 Å². The third-order valence-electron chi connectivity index (χ3n) is 2.08. The number of nitrogens with one attached hydrogen (secondary N) is 1. The first-order chi connectivity index (χ1) is 5.83. The quantitative estimate of drug-likeness (QED) is 0.610. The monoisotopic (exact) mass is 170 g/mol. The molecule has 1 saturated carbocycles. The molecule has 1 aliphatic carbocycles. The van der Waals surface area contributed by atoms with Gasteiger partial charge in [-0.15, -0.1) is 0 Å². The summed E-state index contributed by atoms with van der Waals surface area (Å²) in [5, 5.41) is 2.45. The van der Waals surface area contributed by atoms with Gasteiger partial charge in [-0.05, 0) is 19.3 Å². The molecule has 1 fully saturated rings. The van der Waals surface area contributed by atoms with Crippen LogP contribution in [0.15, 0.2) is 0 Å². The highest BCUT2D eigenvalue weighted by Crippen LogP contribution is 2.18. The predicted octanol–water partition coefficient (Wildman–Crippen LogP) is 1.88. The van der Waals surface area contributed by atoms with Crippen molar-refractivity contribution in [3.63, 3.8) is 0 Å². The summed E-state index contributed by atoms with van der Waals surface area (Å²) in [6, 6.07) is 0. The second-order valence-corrected chi connectivity index (χ2v) is 3.07. The first-order valence-corrected chi connectivity index (χ1v) is 4.54. The lowest BCUT2D eigenvalue weighted by molar-refractivity contribution is 0.110. The maximum atomic E-state index is 10.8. The normalized spacial score (nSPS) is 19.8. The SMILES string of the molecule is CNC(=O)OC1[CH]CCCCC1. The van der Waals surface area contributed by atoms with Gasteiger partial charge in [0.25, 0.3) is 0 Å². The van der Waals surface area contributed by atoms with E-state index in [1.54, 1.807) is 7.05 Å². The molecule has 12 heavy (non-hydrogen) atoms. The molecule has 1 radical (unpaired) electrons. The van der Waals surface area contributed by atoms with Crippen molar-refractivity contribution in [2.75, 3.05) is 7.05 Å². The molecular weight excluding hydrogens is 154 g/mol. The number of hydrogen-bond acceptors (Lipinski definition) is 2. The van der Waals surface area contributed by atoms with Gasteiger partial charge in [-0.3, -0.25) is 0 Å². The smallest absolute Gasteiger partial charge is 0.407 e. The number of carbonyl (C=O) groups is 1. The minimum Gasteiger partial charge on any atom is -0.446 e. The zero-order valence-electron chi connectivity index (χ0n) is 7.51. The molecule has 1 amide bonds. The van der Waals surface area contributed by atoms with E-state index in [9.17, 15) is 4.79 Å². The third kappa shape index (κ3) is 3.11. The summed E-state index contributed by atoms with van der Waals surface area (Å²) >= 11 is 0. The van der Waals surface area contributed by atoms with Gasteiger partial charge in [0, 0.05) is 13.5 Å². The predicted molar refractivity (Wildman–Crippen MR) is 46.7 cm³/mol.